The normalized spacial score (nSPS) is 10.9. The van der Waals surface area contributed by atoms with E-state index in [2.05, 4.69) is 31.0 Å². The predicted molar refractivity (Wildman–Crippen MR) is 129 cm³/mol. The number of ether oxygens (including phenoxy) is 1. The number of hydrogen-bond acceptors (Lipinski definition) is 4. The van der Waals surface area contributed by atoms with E-state index in [0.717, 1.165) is 21.4 Å². The van der Waals surface area contributed by atoms with E-state index in [4.69, 9.17) is 0 Å². The number of hydrogen-bond donors (Lipinski definition) is 1. The second-order valence-electron chi connectivity index (χ2n) is 6.84. The number of halogens is 3. The molecule has 0 unspecified atom stereocenters. The highest BCUT2D eigenvalue weighted by molar-refractivity contribution is 9.10. The molecule has 0 fully saturated rings. The van der Waals surface area contributed by atoms with Crippen molar-refractivity contribution in [1.29, 1.82) is 0 Å². The van der Waals surface area contributed by atoms with Crippen molar-refractivity contribution in [2.45, 2.75) is 11.8 Å². The zero-order chi connectivity index (χ0) is 23.2. The molecule has 0 aliphatic heterocycles. The molecule has 0 aliphatic rings. The van der Waals surface area contributed by atoms with E-state index < -0.39 is 6.61 Å². The molecule has 0 aliphatic carbocycles. The van der Waals surface area contributed by atoms with Gasteiger partial charge in [-0.05, 0) is 48.5 Å². The van der Waals surface area contributed by atoms with Gasteiger partial charge in [0.25, 0.3) is 0 Å². The summed E-state index contributed by atoms with van der Waals surface area (Å²) in [5.41, 5.74) is 3.14. The molecule has 0 radical (unpaired) electrons. The fraction of sp³-hybridized carbons (Fsp3) is 0.0833. The SMILES string of the molecule is O=C(CSc1ncc(-c2ccc(Br)cc2)n1-c1ccc(OC(F)F)cc1)Nc1ccccc1. The lowest BCUT2D eigenvalue weighted by Gasteiger charge is -2.13. The van der Waals surface area contributed by atoms with Gasteiger partial charge in [-0.15, -0.1) is 0 Å². The van der Waals surface area contributed by atoms with Crippen LogP contribution in [0.15, 0.2) is 94.7 Å². The molecule has 1 aromatic heterocycles. The molecular weight excluding hydrogens is 512 g/mol. The first-order valence-electron chi connectivity index (χ1n) is 9.86. The van der Waals surface area contributed by atoms with Crippen LogP contribution < -0.4 is 10.1 Å². The van der Waals surface area contributed by atoms with Gasteiger partial charge < -0.3 is 10.1 Å². The number of imidazole rings is 1. The summed E-state index contributed by atoms with van der Waals surface area (Å²) in [6, 6.07) is 23.3. The second kappa shape index (κ2) is 10.6. The van der Waals surface area contributed by atoms with Gasteiger partial charge in [-0.3, -0.25) is 9.36 Å². The van der Waals surface area contributed by atoms with Crippen LogP contribution in [-0.4, -0.2) is 27.8 Å². The highest BCUT2D eigenvalue weighted by Crippen LogP contribution is 2.31. The molecule has 0 atom stereocenters. The first-order chi connectivity index (χ1) is 16.0. The number of carbonyl (C=O) groups is 1. The van der Waals surface area contributed by atoms with Crippen molar-refractivity contribution in [2.75, 3.05) is 11.1 Å². The molecule has 4 aromatic rings. The molecule has 1 heterocycles. The maximum atomic E-state index is 12.5. The Kier molecular flexibility index (Phi) is 7.41. The number of carbonyl (C=O) groups excluding carboxylic acids is 1. The van der Waals surface area contributed by atoms with Crippen LogP contribution in [0.5, 0.6) is 5.75 Å². The highest BCUT2D eigenvalue weighted by Gasteiger charge is 2.16. The van der Waals surface area contributed by atoms with Gasteiger partial charge in [0.15, 0.2) is 5.16 Å². The number of benzene rings is 3. The van der Waals surface area contributed by atoms with Crippen molar-refractivity contribution in [1.82, 2.24) is 9.55 Å². The highest BCUT2D eigenvalue weighted by atomic mass is 79.9. The summed E-state index contributed by atoms with van der Waals surface area (Å²) in [7, 11) is 0. The molecule has 168 valence electrons. The zero-order valence-corrected chi connectivity index (χ0v) is 19.5. The van der Waals surface area contributed by atoms with Crippen molar-refractivity contribution < 1.29 is 18.3 Å². The Morgan fingerprint density at radius 1 is 1.03 bits per heavy atom. The van der Waals surface area contributed by atoms with Gasteiger partial charge in [0, 0.05) is 21.4 Å². The average molecular weight is 530 g/mol. The lowest BCUT2D eigenvalue weighted by atomic mass is 10.1. The Hall–Kier alpha value is -3.17. The van der Waals surface area contributed by atoms with Gasteiger partial charge >= 0.3 is 6.61 Å². The predicted octanol–water partition coefficient (Wildman–Crippen LogP) is 6.63. The van der Waals surface area contributed by atoms with Gasteiger partial charge in [0.05, 0.1) is 17.6 Å². The van der Waals surface area contributed by atoms with Gasteiger partial charge in [-0.25, -0.2) is 4.98 Å². The topological polar surface area (TPSA) is 56.2 Å². The van der Waals surface area contributed by atoms with Crippen LogP contribution >= 0.6 is 27.7 Å². The summed E-state index contributed by atoms with van der Waals surface area (Å²) in [6.45, 7) is -2.89. The van der Waals surface area contributed by atoms with Crippen LogP contribution in [0.2, 0.25) is 0 Å². The molecule has 1 amide bonds. The molecule has 9 heteroatoms. The average Bonchev–Trinajstić information content (AvgIpc) is 3.23. The van der Waals surface area contributed by atoms with Gasteiger partial charge in [-0.2, -0.15) is 8.78 Å². The maximum absolute atomic E-state index is 12.5. The number of alkyl halides is 2. The van der Waals surface area contributed by atoms with Crippen LogP contribution in [0.25, 0.3) is 16.9 Å². The van der Waals surface area contributed by atoms with Gasteiger partial charge in [0.1, 0.15) is 5.75 Å². The third kappa shape index (κ3) is 6.00. The molecular formula is C24H18BrF2N3O2S. The summed E-state index contributed by atoms with van der Waals surface area (Å²) in [5, 5.41) is 3.45. The number of para-hydroxylation sites is 1. The third-order valence-electron chi connectivity index (χ3n) is 4.58. The molecule has 0 spiro atoms. The van der Waals surface area contributed by atoms with Crippen LogP contribution in [0.1, 0.15) is 0 Å². The number of anilines is 1. The van der Waals surface area contributed by atoms with E-state index in [1.54, 1.807) is 18.3 Å². The second-order valence-corrected chi connectivity index (χ2v) is 8.70. The number of thioether (sulfide) groups is 1. The fourth-order valence-electron chi connectivity index (χ4n) is 3.14. The van der Waals surface area contributed by atoms with E-state index in [1.807, 2.05) is 59.2 Å². The molecule has 0 bridgehead atoms. The van der Waals surface area contributed by atoms with E-state index in [9.17, 15) is 13.6 Å². The smallest absolute Gasteiger partial charge is 0.387 e. The quantitative estimate of drug-likeness (QED) is 0.260. The summed E-state index contributed by atoms with van der Waals surface area (Å²) in [6.07, 6.45) is 1.73. The van der Waals surface area contributed by atoms with E-state index in [0.29, 0.717) is 10.8 Å². The summed E-state index contributed by atoms with van der Waals surface area (Å²) >= 11 is 4.72. The van der Waals surface area contributed by atoms with Crippen molar-refractivity contribution >= 4 is 39.3 Å². The standard InChI is InChI=1S/C24H18BrF2N3O2S/c25-17-8-6-16(7-9-17)21-14-28-24(33-15-22(31)29-18-4-2-1-3-5-18)30(21)19-10-12-20(13-11-19)32-23(26)27/h1-14,23H,15H2,(H,29,31). The zero-order valence-electron chi connectivity index (χ0n) is 17.1. The Balaban J connectivity index is 1.61. The van der Waals surface area contributed by atoms with Crippen molar-refractivity contribution in [2.24, 2.45) is 0 Å². The number of aromatic nitrogens is 2. The van der Waals surface area contributed by atoms with Crippen LogP contribution in [-0.2, 0) is 4.79 Å². The summed E-state index contributed by atoms with van der Waals surface area (Å²) in [4.78, 5) is 17.0. The number of rotatable bonds is 8. The molecule has 4 rings (SSSR count). The molecule has 0 saturated heterocycles. The lowest BCUT2D eigenvalue weighted by Crippen LogP contribution is -2.14. The first-order valence-corrected chi connectivity index (χ1v) is 11.6. The van der Waals surface area contributed by atoms with Crippen molar-refractivity contribution in [3.63, 3.8) is 0 Å². The number of amides is 1. The van der Waals surface area contributed by atoms with Gasteiger partial charge in [0.2, 0.25) is 5.91 Å². The Labute approximate surface area is 201 Å². The minimum Gasteiger partial charge on any atom is -0.435 e. The van der Waals surface area contributed by atoms with Crippen LogP contribution in [0.3, 0.4) is 0 Å². The Morgan fingerprint density at radius 3 is 2.39 bits per heavy atom. The Bertz CT molecular complexity index is 1220. The molecule has 3 aromatic carbocycles. The summed E-state index contributed by atoms with van der Waals surface area (Å²) in [5.74, 6) is 0.0558. The minimum atomic E-state index is -2.89. The third-order valence-corrected chi connectivity index (χ3v) is 6.06. The molecule has 1 N–H and O–H groups in total. The fourth-order valence-corrected chi connectivity index (χ4v) is 4.19. The van der Waals surface area contributed by atoms with Crippen molar-refractivity contribution in [3.05, 3.63) is 89.5 Å². The van der Waals surface area contributed by atoms with Gasteiger partial charge in [-0.1, -0.05) is 58.0 Å². The minimum absolute atomic E-state index is 0.0653. The van der Waals surface area contributed by atoms with E-state index >= 15 is 0 Å². The Morgan fingerprint density at radius 2 is 1.73 bits per heavy atom. The lowest BCUT2D eigenvalue weighted by molar-refractivity contribution is -0.113. The van der Waals surface area contributed by atoms with Crippen LogP contribution in [0, 0.1) is 0 Å². The van der Waals surface area contributed by atoms with Crippen LogP contribution in [0.4, 0.5) is 14.5 Å². The summed E-state index contributed by atoms with van der Waals surface area (Å²) < 4.78 is 32.3. The van der Waals surface area contributed by atoms with E-state index in [-0.39, 0.29) is 17.4 Å². The number of nitrogens with zero attached hydrogens (tertiary/aromatic N) is 2. The first kappa shape index (κ1) is 23.0. The molecule has 0 saturated carbocycles. The van der Waals surface area contributed by atoms with Crippen molar-refractivity contribution in [3.8, 4) is 22.7 Å². The molecule has 5 nitrogen and oxygen atoms in total. The maximum Gasteiger partial charge on any atom is 0.387 e. The largest absolute Gasteiger partial charge is 0.435 e. The monoisotopic (exact) mass is 529 g/mol. The molecule has 33 heavy (non-hydrogen) atoms. The van der Waals surface area contributed by atoms with E-state index in [1.165, 1.54) is 23.9 Å². The number of nitrogens with one attached hydrogen (secondary N) is 1.